The number of amides is 1. The van der Waals surface area contributed by atoms with E-state index in [1.165, 1.54) is 0 Å². The van der Waals surface area contributed by atoms with Crippen LogP contribution in [0.4, 0.5) is 0 Å². The van der Waals surface area contributed by atoms with Gasteiger partial charge in [-0.1, -0.05) is 28.9 Å². The smallest absolute Gasteiger partial charge is 0.253 e. The third-order valence-corrected chi connectivity index (χ3v) is 4.30. The van der Waals surface area contributed by atoms with Crippen molar-refractivity contribution in [2.24, 2.45) is 5.92 Å². The van der Waals surface area contributed by atoms with Crippen LogP contribution in [0.25, 0.3) is 0 Å². The molecule has 2 rings (SSSR count). The van der Waals surface area contributed by atoms with E-state index in [0.717, 1.165) is 29.5 Å². The van der Waals surface area contributed by atoms with Crippen LogP contribution in [0.2, 0.25) is 0 Å². The van der Waals surface area contributed by atoms with Gasteiger partial charge < -0.3 is 4.90 Å². The van der Waals surface area contributed by atoms with Crippen molar-refractivity contribution < 1.29 is 4.79 Å². The molecule has 0 radical (unpaired) electrons. The normalized spacial score (nSPS) is 24.8. The predicted molar refractivity (Wildman–Crippen MR) is 73.5 cm³/mol. The molecule has 1 aliphatic rings. The van der Waals surface area contributed by atoms with Gasteiger partial charge in [-0.3, -0.25) is 4.79 Å². The molecule has 2 atom stereocenters. The fourth-order valence-electron chi connectivity index (χ4n) is 2.11. The van der Waals surface area contributed by atoms with Gasteiger partial charge in [-0.25, -0.2) is 0 Å². The van der Waals surface area contributed by atoms with Gasteiger partial charge in [0.15, 0.2) is 0 Å². The van der Waals surface area contributed by atoms with Gasteiger partial charge in [0, 0.05) is 28.5 Å². The summed E-state index contributed by atoms with van der Waals surface area (Å²) in [6.07, 6.45) is 0.877. The maximum Gasteiger partial charge on any atom is 0.253 e. The Labute approximate surface area is 115 Å². The van der Waals surface area contributed by atoms with Crippen molar-refractivity contribution in [3.05, 3.63) is 34.3 Å². The summed E-state index contributed by atoms with van der Waals surface area (Å²) in [5, 5.41) is 0.196. The number of nitrogens with zero attached hydrogens (tertiary/aromatic N) is 1. The summed E-state index contributed by atoms with van der Waals surface area (Å²) in [6, 6.07) is 7.52. The number of alkyl halides is 1. The van der Waals surface area contributed by atoms with E-state index in [1.54, 1.807) is 0 Å². The summed E-state index contributed by atoms with van der Waals surface area (Å²) >= 11 is 9.55. The lowest BCUT2D eigenvalue weighted by molar-refractivity contribution is 0.0687. The molecule has 2 unspecified atom stereocenters. The van der Waals surface area contributed by atoms with Crippen molar-refractivity contribution in [2.45, 2.75) is 18.7 Å². The Morgan fingerprint density at radius 1 is 1.53 bits per heavy atom. The first-order valence-corrected chi connectivity index (χ1v) is 7.00. The van der Waals surface area contributed by atoms with E-state index in [4.69, 9.17) is 11.6 Å². The Hall–Kier alpha value is -0.540. The molecule has 1 saturated heterocycles. The zero-order chi connectivity index (χ0) is 12.4. The van der Waals surface area contributed by atoms with Gasteiger partial charge in [-0.05, 0) is 30.5 Å². The van der Waals surface area contributed by atoms with Crippen molar-refractivity contribution in [3.8, 4) is 0 Å². The second-order valence-electron chi connectivity index (χ2n) is 4.54. The molecule has 1 amide bonds. The third-order valence-electron chi connectivity index (χ3n) is 3.16. The summed E-state index contributed by atoms with van der Waals surface area (Å²) in [6.45, 7) is 3.60. The highest BCUT2D eigenvalue weighted by atomic mass is 79.9. The molecule has 0 aliphatic carbocycles. The average molecular weight is 317 g/mol. The summed E-state index contributed by atoms with van der Waals surface area (Å²) in [4.78, 5) is 14.2. The van der Waals surface area contributed by atoms with E-state index in [-0.39, 0.29) is 11.3 Å². The zero-order valence-electron chi connectivity index (χ0n) is 9.70. The highest BCUT2D eigenvalue weighted by Gasteiger charge is 2.27. The van der Waals surface area contributed by atoms with Crippen LogP contribution in [0.1, 0.15) is 23.7 Å². The first-order chi connectivity index (χ1) is 8.08. The minimum absolute atomic E-state index is 0.0988. The lowest BCUT2D eigenvalue weighted by Crippen LogP contribution is -2.43. The van der Waals surface area contributed by atoms with Gasteiger partial charge in [-0.15, -0.1) is 11.6 Å². The molecule has 0 saturated carbocycles. The molecule has 0 aromatic heterocycles. The zero-order valence-corrected chi connectivity index (χ0v) is 12.0. The largest absolute Gasteiger partial charge is 0.338 e. The highest BCUT2D eigenvalue weighted by Crippen LogP contribution is 2.23. The molecule has 92 valence electrons. The first kappa shape index (κ1) is 12.9. The molecule has 1 aromatic rings. The van der Waals surface area contributed by atoms with E-state index in [0.29, 0.717) is 5.92 Å². The molecule has 0 N–H and O–H groups in total. The molecule has 17 heavy (non-hydrogen) atoms. The maximum atomic E-state index is 12.3. The van der Waals surface area contributed by atoms with Crippen LogP contribution in [0.3, 0.4) is 0 Å². The van der Waals surface area contributed by atoms with Crippen LogP contribution in [0.15, 0.2) is 28.7 Å². The molecule has 1 heterocycles. The predicted octanol–water partition coefficient (Wildman–Crippen LogP) is 3.54. The number of rotatable bonds is 1. The van der Waals surface area contributed by atoms with Crippen LogP contribution >= 0.6 is 27.5 Å². The van der Waals surface area contributed by atoms with E-state index < -0.39 is 0 Å². The van der Waals surface area contributed by atoms with Crippen LogP contribution in [0.5, 0.6) is 0 Å². The highest BCUT2D eigenvalue weighted by molar-refractivity contribution is 9.10. The average Bonchev–Trinajstić information content (AvgIpc) is 2.32. The van der Waals surface area contributed by atoms with Gasteiger partial charge >= 0.3 is 0 Å². The first-order valence-electron chi connectivity index (χ1n) is 5.77. The molecule has 0 bridgehead atoms. The Morgan fingerprint density at radius 3 is 2.94 bits per heavy atom. The minimum Gasteiger partial charge on any atom is -0.338 e. The molecule has 1 aliphatic heterocycles. The van der Waals surface area contributed by atoms with Crippen molar-refractivity contribution in [3.63, 3.8) is 0 Å². The standard InChI is InChI=1S/C13H15BrClNO/c1-9-8-16(6-5-12(9)15)13(17)10-3-2-4-11(14)7-10/h2-4,7,9,12H,5-6,8H2,1H3. The lowest BCUT2D eigenvalue weighted by Gasteiger charge is -2.34. The number of hydrogen-bond donors (Lipinski definition) is 0. The van der Waals surface area contributed by atoms with Crippen LogP contribution < -0.4 is 0 Å². The number of halogens is 2. The topological polar surface area (TPSA) is 20.3 Å². The fraction of sp³-hybridized carbons (Fsp3) is 0.462. The van der Waals surface area contributed by atoms with E-state index in [2.05, 4.69) is 22.9 Å². The molecule has 4 heteroatoms. The summed E-state index contributed by atoms with van der Waals surface area (Å²) < 4.78 is 0.934. The maximum absolute atomic E-state index is 12.3. The number of carbonyl (C=O) groups is 1. The van der Waals surface area contributed by atoms with Gasteiger partial charge in [0.2, 0.25) is 0 Å². The van der Waals surface area contributed by atoms with Crippen LogP contribution in [-0.4, -0.2) is 29.3 Å². The van der Waals surface area contributed by atoms with Crippen molar-refractivity contribution in [1.29, 1.82) is 0 Å². The number of benzene rings is 1. The van der Waals surface area contributed by atoms with Crippen molar-refractivity contribution in [1.82, 2.24) is 4.90 Å². The second-order valence-corrected chi connectivity index (χ2v) is 6.02. The summed E-state index contributed by atoms with van der Waals surface area (Å²) in [5.41, 5.74) is 0.736. The SMILES string of the molecule is CC1CN(C(=O)c2cccc(Br)c2)CCC1Cl. The van der Waals surface area contributed by atoms with E-state index in [1.807, 2.05) is 29.2 Å². The molecular weight excluding hydrogens is 302 g/mol. The second kappa shape index (κ2) is 5.40. The monoisotopic (exact) mass is 315 g/mol. The molecule has 1 aromatic carbocycles. The summed E-state index contributed by atoms with van der Waals surface area (Å²) in [7, 11) is 0. The number of likely N-dealkylation sites (tertiary alicyclic amines) is 1. The number of piperidine rings is 1. The number of hydrogen-bond acceptors (Lipinski definition) is 1. The van der Waals surface area contributed by atoms with Crippen molar-refractivity contribution >= 4 is 33.4 Å². The van der Waals surface area contributed by atoms with Crippen LogP contribution in [0, 0.1) is 5.92 Å². The quantitative estimate of drug-likeness (QED) is 0.726. The Balaban J connectivity index is 2.10. The lowest BCUT2D eigenvalue weighted by atomic mass is 9.99. The molecule has 0 spiro atoms. The summed E-state index contributed by atoms with van der Waals surface area (Å²) in [5.74, 6) is 0.461. The fourth-order valence-corrected chi connectivity index (χ4v) is 2.68. The number of carbonyl (C=O) groups excluding carboxylic acids is 1. The van der Waals surface area contributed by atoms with Gasteiger partial charge in [-0.2, -0.15) is 0 Å². The molecular formula is C13H15BrClNO. The molecule has 2 nitrogen and oxygen atoms in total. The van der Waals surface area contributed by atoms with Crippen molar-refractivity contribution in [2.75, 3.05) is 13.1 Å². The van der Waals surface area contributed by atoms with E-state index in [9.17, 15) is 4.79 Å². The van der Waals surface area contributed by atoms with Gasteiger partial charge in [0.05, 0.1) is 0 Å². The van der Waals surface area contributed by atoms with Crippen LogP contribution in [-0.2, 0) is 0 Å². The molecule has 1 fully saturated rings. The van der Waals surface area contributed by atoms with E-state index >= 15 is 0 Å². The minimum atomic E-state index is 0.0988. The van der Waals surface area contributed by atoms with Gasteiger partial charge in [0.25, 0.3) is 5.91 Å². The third kappa shape index (κ3) is 3.02. The Kier molecular flexibility index (Phi) is 4.10. The Bertz CT molecular complexity index is 424. The Morgan fingerprint density at radius 2 is 2.29 bits per heavy atom. The van der Waals surface area contributed by atoms with Gasteiger partial charge in [0.1, 0.15) is 0 Å².